The summed E-state index contributed by atoms with van der Waals surface area (Å²) < 4.78 is 6.91. The first-order valence-electron chi connectivity index (χ1n) is 10.3. The number of aromatic nitrogens is 2. The van der Waals surface area contributed by atoms with E-state index in [4.69, 9.17) is 4.74 Å². The minimum absolute atomic E-state index is 0.0976. The van der Waals surface area contributed by atoms with Crippen LogP contribution in [0.5, 0.6) is 10.9 Å². The van der Waals surface area contributed by atoms with Gasteiger partial charge in [0.2, 0.25) is 5.91 Å². The van der Waals surface area contributed by atoms with E-state index in [2.05, 4.69) is 27.0 Å². The standard InChI is InChI=1S/C22H24N4O3S/c27-17-12-20(28)26(14-17)16-7-10-25(11-8-16)13-15-3-5-18(6-4-15)29-22-24-21-19(30-22)2-1-9-23-21/h1-6,9,16-17,27H,7-8,10-14H2/t17-/m1/s1. The van der Waals surface area contributed by atoms with Gasteiger partial charge in [0.1, 0.15) is 5.75 Å². The lowest BCUT2D eigenvalue weighted by Gasteiger charge is -2.36. The number of carbonyl (C=O) groups is 1. The van der Waals surface area contributed by atoms with Crippen molar-refractivity contribution < 1.29 is 14.6 Å². The highest BCUT2D eigenvalue weighted by Crippen LogP contribution is 2.30. The molecule has 0 spiro atoms. The first-order valence-corrected chi connectivity index (χ1v) is 11.1. The SMILES string of the molecule is O=C1C[C@@H](O)CN1C1CCN(Cc2ccc(Oc3nc4ncccc4s3)cc2)CC1. The monoisotopic (exact) mass is 424 g/mol. The molecule has 0 saturated carbocycles. The number of amides is 1. The number of β-amino-alcohol motifs (C(OH)–C–C–N with tert-alkyl or cyclic N) is 1. The summed E-state index contributed by atoms with van der Waals surface area (Å²) in [7, 11) is 0. The molecule has 4 heterocycles. The van der Waals surface area contributed by atoms with Crippen LogP contribution in [0.15, 0.2) is 42.6 Å². The van der Waals surface area contributed by atoms with Crippen molar-refractivity contribution in [2.45, 2.75) is 38.0 Å². The molecule has 3 aromatic rings. The molecular weight excluding hydrogens is 400 g/mol. The third-order valence-corrected chi connectivity index (χ3v) is 6.70. The minimum atomic E-state index is -0.490. The average Bonchev–Trinajstić information content (AvgIpc) is 3.31. The Morgan fingerprint density at radius 3 is 2.67 bits per heavy atom. The molecule has 2 aromatic heterocycles. The number of aliphatic hydroxyl groups is 1. The number of carbonyl (C=O) groups excluding carboxylic acids is 1. The first kappa shape index (κ1) is 19.4. The molecule has 1 N–H and O–H groups in total. The van der Waals surface area contributed by atoms with Gasteiger partial charge in [-0.15, -0.1) is 0 Å². The van der Waals surface area contributed by atoms with E-state index in [0.29, 0.717) is 17.4 Å². The van der Waals surface area contributed by atoms with E-state index < -0.39 is 6.10 Å². The lowest BCUT2D eigenvalue weighted by atomic mass is 10.0. The summed E-state index contributed by atoms with van der Waals surface area (Å²) in [4.78, 5) is 25.0. The van der Waals surface area contributed by atoms with Crippen LogP contribution >= 0.6 is 11.3 Å². The number of rotatable bonds is 5. The van der Waals surface area contributed by atoms with E-state index >= 15 is 0 Å². The molecule has 5 rings (SSSR count). The molecule has 2 fully saturated rings. The molecule has 156 valence electrons. The van der Waals surface area contributed by atoms with E-state index in [0.717, 1.165) is 42.9 Å². The Balaban J connectivity index is 1.14. The summed E-state index contributed by atoms with van der Waals surface area (Å²) in [6.45, 7) is 3.30. The van der Waals surface area contributed by atoms with Gasteiger partial charge in [-0.3, -0.25) is 9.69 Å². The number of hydrogen-bond acceptors (Lipinski definition) is 7. The number of benzene rings is 1. The second-order valence-corrected chi connectivity index (χ2v) is 8.96. The Kier molecular flexibility index (Phi) is 5.37. The number of hydrogen-bond donors (Lipinski definition) is 1. The molecule has 8 heteroatoms. The molecule has 1 aromatic carbocycles. The van der Waals surface area contributed by atoms with Crippen LogP contribution < -0.4 is 4.74 Å². The third kappa shape index (κ3) is 4.16. The van der Waals surface area contributed by atoms with Crippen LogP contribution in [0.1, 0.15) is 24.8 Å². The molecule has 1 amide bonds. The number of nitrogens with zero attached hydrogens (tertiary/aromatic N) is 4. The van der Waals surface area contributed by atoms with Crippen molar-refractivity contribution >= 4 is 27.6 Å². The van der Waals surface area contributed by atoms with Gasteiger partial charge in [0.05, 0.1) is 17.2 Å². The number of aliphatic hydroxyl groups excluding tert-OH is 1. The normalized spacial score (nSPS) is 20.9. The van der Waals surface area contributed by atoms with Gasteiger partial charge >= 0.3 is 0 Å². The van der Waals surface area contributed by atoms with Crippen LogP contribution in [-0.2, 0) is 11.3 Å². The fraction of sp³-hybridized carbons (Fsp3) is 0.409. The second kappa shape index (κ2) is 8.29. The number of fused-ring (bicyclic) bond motifs is 1. The van der Waals surface area contributed by atoms with Gasteiger partial charge < -0.3 is 14.7 Å². The van der Waals surface area contributed by atoms with Gasteiger partial charge in [0.15, 0.2) is 5.65 Å². The molecule has 0 unspecified atom stereocenters. The zero-order chi connectivity index (χ0) is 20.5. The highest BCUT2D eigenvalue weighted by atomic mass is 32.1. The topological polar surface area (TPSA) is 78.8 Å². The molecule has 0 radical (unpaired) electrons. The van der Waals surface area contributed by atoms with Gasteiger partial charge in [0.25, 0.3) is 5.19 Å². The summed E-state index contributed by atoms with van der Waals surface area (Å²) in [5.74, 6) is 0.864. The largest absolute Gasteiger partial charge is 0.431 e. The quantitative estimate of drug-likeness (QED) is 0.678. The van der Waals surface area contributed by atoms with Crippen LogP contribution in [0.25, 0.3) is 10.3 Å². The van der Waals surface area contributed by atoms with Crippen LogP contribution in [0.3, 0.4) is 0 Å². The molecule has 1 atom stereocenters. The third-order valence-electron chi connectivity index (χ3n) is 5.82. The zero-order valence-electron chi connectivity index (χ0n) is 16.6. The van der Waals surface area contributed by atoms with E-state index in [9.17, 15) is 9.90 Å². The van der Waals surface area contributed by atoms with Crippen molar-refractivity contribution in [3.05, 3.63) is 48.2 Å². The van der Waals surface area contributed by atoms with Gasteiger partial charge in [0, 0.05) is 38.4 Å². The number of piperidine rings is 1. The maximum atomic E-state index is 12.0. The second-order valence-electron chi connectivity index (χ2n) is 7.96. The predicted octanol–water partition coefficient (Wildman–Crippen LogP) is 3.04. The number of pyridine rings is 1. The highest BCUT2D eigenvalue weighted by molar-refractivity contribution is 7.20. The first-order chi connectivity index (χ1) is 14.6. The molecule has 2 saturated heterocycles. The van der Waals surface area contributed by atoms with Crippen molar-refractivity contribution in [3.8, 4) is 10.9 Å². The molecule has 2 aliphatic rings. The summed E-state index contributed by atoms with van der Waals surface area (Å²) in [6, 6.07) is 12.3. The van der Waals surface area contributed by atoms with Crippen LogP contribution in [0.4, 0.5) is 0 Å². The Morgan fingerprint density at radius 2 is 1.97 bits per heavy atom. The Hall–Kier alpha value is -2.55. The van der Waals surface area contributed by atoms with E-state index in [1.807, 2.05) is 29.2 Å². The van der Waals surface area contributed by atoms with E-state index in [1.54, 1.807) is 6.20 Å². The fourth-order valence-electron chi connectivity index (χ4n) is 4.27. The molecule has 0 bridgehead atoms. The van der Waals surface area contributed by atoms with Crippen molar-refractivity contribution in [2.75, 3.05) is 19.6 Å². The van der Waals surface area contributed by atoms with E-state index in [-0.39, 0.29) is 18.4 Å². The van der Waals surface area contributed by atoms with Gasteiger partial charge in [-0.25, -0.2) is 4.98 Å². The molecule has 7 nitrogen and oxygen atoms in total. The smallest absolute Gasteiger partial charge is 0.281 e. The summed E-state index contributed by atoms with van der Waals surface area (Å²) in [5.41, 5.74) is 1.95. The van der Waals surface area contributed by atoms with Gasteiger partial charge in [-0.2, -0.15) is 4.98 Å². The summed E-state index contributed by atoms with van der Waals surface area (Å²) in [5, 5.41) is 10.3. The summed E-state index contributed by atoms with van der Waals surface area (Å²) >= 11 is 1.49. The fourth-order valence-corrected chi connectivity index (χ4v) is 5.06. The van der Waals surface area contributed by atoms with Crippen molar-refractivity contribution in [1.29, 1.82) is 0 Å². The van der Waals surface area contributed by atoms with Gasteiger partial charge in [-0.1, -0.05) is 23.5 Å². The highest BCUT2D eigenvalue weighted by Gasteiger charge is 2.34. The zero-order valence-corrected chi connectivity index (χ0v) is 17.4. The van der Waals surface area contributed by atoms with Crippen molar-refractivity contribution in [3.63, 3.8) is 0 Å². The maximum absolute atomic E-state index is 12.0. The lowest BCUT2D eigenvalue weighted by molar-refractivity contribution is -0.130. The Bertz CT molecular complexity index is 997. The number of ether oxygens (including phenoxy) is 1. The van der Waals surface area contributed by atoms with Crippen LogP contribution in [0.2, 0.25) is 0 Å². The van der Waals surface area contributed by atoms with Crippen molar-refractivity contribution in [2.24, 2.45) is 0 Å². The average molecular weight is 425 g/mol. The Labute approximate surface area is 178 Å². The Morgan fingerprint density at radius 1 is 1.17 bits per heavy atom. The van der Waals surface area contributed by atoms with E-state index in [1.165, 1.54) is 16.9 Å². The van der Waals surface area contributed by atoms with Crippen LogP contribution in [0, 0.1) is 0 Å². The molecule has 2 aliphatic heterocycles. The van der Waals surface area contributed by atoms with Crippen LogP contribution in [-0.4, -0.2) is 62.6 Å². The number of likely N-dealkylation sites (tertiary alicyclic amines) is 2. The maximum Gasteiger partial charge on any atom is 0.281 e. The van der Waals surface area contributed by atoms with Gasteiger partial charge in [-0.05, 0) is 42.7 Å². The molecule has 30 heavy (non-hydrogen) atoms. The summed E-state index contributed by atoms with van der Waals surface area (Å²) in [6.07, 6.45) is 3.45. The minimum Gasteiger partial charge on any atom is -0.431 e. The predicted molar refractivity (Wildman–Crippen MR) is 115 cm³/mol. The van der Waals surface area contributed by atoms with Crippen molar-refractivity contribution in [1.82, 2.24) is 19.8 Å². The molecule has 0 aliphatic carbocycles. The lowest BCUT2D eigenvalue weighted by Crippen LogP contribution is -2.45. The molecular formula is C22H24N4O3S. The number of thiazole rings is 1.